The second kappa shape index (κ2) is 10.9. The number of amides is 2. The third-order valence-corrected chi connectivity index (χ3v) is 6.92. The van der Waals surface area contributed by atoms with Crippen molar-refractivity contribution >= 4 is 17.7 Å². The van der Waals surface area contributed by atoms with E-state index in [-0.39, 0.29) is 11.9 Å². The standard InChI is InChI=1S/C29H34N4O3/c1-29(2,33-28(35)36)22-12-10-21(11-13-22)27-25(20-6-4-3-5-7-20)17-24(18-31-27)32-26(34)16-19-8-14-23(30)15-9-19/h3-7,10-13,17-19,23,33H,8-9,14-16,30H2,1-2H3,(H,32,34)(H,35,36)/t19-,23-. The lowest BCUT2D eigenvalue weighted by Gasteiger charge is -2.25. The summed E-state index contributed by atoms with van der Waals surface area (Å²) in [6.07, 6.45) is 5.08. The number of pyridine rings is 1. The number of benzene rings is 2. The first-order chi connectivity index (χ1) is 17.2. The summed E-state index contributed by atoms with van der Waals surface area (Å²) in [4.78, 5) is 28.6. The van der Waals surface area contributed by atoms with Crippen LogP contribution in [0.4, 0.5) is 10.5 Å². The number of hydrogen-bond acceptors (Lipinski definition) is 4. The number of hydrogen-bond donors (Lipinski definition) is 4. The van der Waals surface area contributed by atoms with Crippen molar-refractivity contribution in [3.63, 3.8) is 0 Å². The second-order valence-electron chi connectivity index (χ2n) is 10.2. The van der Waals surface area contributed by atoms with Crippen LogP contribution < -0.4 is 16.4 Å². The Bertz CT molecular complexity index is 1200. The minimum atomic E-state index is -1.07. The third-order valence-electron chi connectivity index (χ3n) is 6.92. The minimum absolute atomic E-state index is 0.00143. The van der Waals surface area contributed by atoms with Gasteiger partial charge in [0.05, 0.1) is 23.1 Å². The highest BCUT2D eigenvalue weighted by molar-refractivity contribution is 5.93. The van der Waals surface area contributed by atoms with E-state index in [0.29, 0.717) is 18.0 Å². The molecule has 2 amide bonds. The Hall–Kier alpha value is -3.71. The lowest BCUT2D eigenvalue weighted by atomic mass is 9.84. The van der Waals surface area contributed by atoms with Gasteiger partial charge in [-0.25, -0.2) is 4.79 Å². The summed E-state index contributed by atoms with van der Waals surface area (Å²) < 4.78 is 0. The van der Waals surface area contributed by atoms with Crippen LogP contribution in [0, 0.1) is 5.92 Å². The van der Waals surface area contributed by atoms with E-state index in [1.807, 2.05) is 74.5 Å². The Morgan fingerprint density at radius 2 is 1.67 bits per heavy atom. The summed E-state index contributed by atoms with van der Waals surface area (Å²) in [5.41, 5.74) is 10.4. The van der Waals surface area contributed by atoms with Crippen molar-refractivity contribution in [3.8, 4) is 22.4 Å². The molecular weight excluding hydrogens is 452 g/mol. The number of nitrogens with zero attached hydrogens (tertiary/aromatic N) is 1. The van der Waals surface area contributed by atoms with E-state index in [4.69, 9.17) is 15.8 Å². The molecule has 1 aliphatic carbocycles. The summed E-state index contributed by atoms with van der Waals surface area (Å²) in [5.74, 6) is 0.380. The SMILES string of the molecule is CC(C)(NC(=O)O)c1ccc(-c2ncc(NC(=O)C[C@H]3CC[C@H](N)CC3)cc2-c2ccccc2)cc1. The molecular formula is C29H34N4O3. The predicted molar refractivity (Wildman–Crippen MR) is 142 cm³/mol. The summed E-state index contributed by atoms with van der Waals surface area (Å²) in [5, 5.41) is 14.7. The number of aromatic nitrogens is 1. The minimum Gasteiger partial charge on any atom is -0.465 e. The highest BCUT2D eigenvalue weighted by Crippen LogP contribution is 2.34. The van der Waals surface area contributed by atoms with Crippen LogP contribution in [0.25, 0.3) is 22.4 Å². The second-order valence-corrected chi connectivity index (χ2v) is 10.2. The zero-order valence-corrected chi connectivity index (χ0v) is 20.8. The molecule has 1 aromatic heterocycles. The normalized spacial score (nSPS) is 17.9. The first kappa shape index (κ1) is 25.4. The molecule has 1 aliphatic rings. The molecule has 7 heteroatoms. The van der Waals surface area contributed by atoms with E-state index in [2.05, 4.69) is 10.6 Å². The Balaban J connectivity index is 1.58. The molecule has 188 valence electrons. The zero-order valence-electron chi connectivity index (χ0n) is 20.8. The largest absolute Gasteiger partial charge is 0.465 e. The quantitative estimate of drug-likeness (QED) is 0.338. The van der Waals surface area contributed by atoms with E-state index in [9.17, 15) is 9.59 Å². The van der Waals surface area contributed by atoms with Crippen LogP contribution in [0.1, 0.15) is 51.5 Å². The highest BCUT2D eigenvalue weighted by atomic mass is 16.4. The molecule has 0 atom stereocenters. The van der Waals surface area contributed by atoms with Gasteiger partial charge in [-0.3, -0.25) is 9.78 Å². The Morgan fingerprint density at radius 3 is 2.31 bits per heavy atom. The van der Waals surface area contributed by atoms with Crippen LogP contribution in [-0.4, -0.2) is 28.1 Å². The van der Waals surface area contributed by atoms with Gasteiger partial charge >= 0.3 is 6.09 Å². The summed E-state index contributed by atoms with van der Waals surface area (Å²) >= 11 is 0. The maximum Gasteiger partial charge on any atom is 0.405 e. The topological polar surface area (TPSA) is 117 Å². The fourth-order valence-electron chi connectivity index (χ4n) is 4.85. The van der Waals surface area contributed by atoms with Crippen molar-refractivity contribution in [1.29, 1.82) is 0 Å². The van der Waals surface area contributed by atoms with Crippen molar-refractivity contribution in [2.75, 3.05) is 5.32 Å². The molecule has 4 rings (SSSR count). The number of carbonyl (C=O) groups is 2. The van der Waals surface area contributed by atoms with Crippen molar-refractivity contribution < 1.29 is 14.7 Å². The lowest BCUT2D eigenvalue weighted by Crippen LogP contribution is -2.39. The fourth-order valence-corrected chi connectivity index (χ4v) is 4.85. The average molecular weight is 487 g/mol. The predicted octanol–water partition coefficient (Wildman–Crippen LogP) is 5.76. The van der Waals surface area contributed by atoms with Crippen molar-refractivity contribution in [1.82, 2.24) is 10.3 Å². The summed E-state index contributed by atoms with van der Waals surface area (Å²) in [6, 6.07) is 19.9. The van der Waals surface area contributed by atoms with Crippen LogP contribution in [0.15, 0.2) is 66.9 Å². The fraction of sp³-hybridized carbons (Fsp3) is 0.345. The number of anilines is 1. The van der Waals surface area contributed by atoms with E-state index in [0.717, 1.165) is 53.6 Å². The van der Waals surface area contributed by atoms with Gasteiger partial charge < -0.3 is 21.5 Å². The van der Waals surface area contributed by atoms with E-state index in [1.54, 1.807) is 6.20 Å². The van der Waals surface area contributed by atoms with Gasteiger partial charge in [0.25, 0.3) is 0 Å². The summed E-state index contributed by atoms with van der Waals surface area (Å²) in [7, 11) is 0. The monoisotopic (exact) mass is 486 g/mol. The van der Waals surface area contributed by atoms with Gasteiger partial charge in [-0.1, -0.05) is 54.6 Å². The van der Waals surface area contributed by atoms with Crippen LogP contribution in [0.2, 0.25) is 0 Å². The van der Waals surface area contributed by atoms with Crippen LogP contribution in [0.3, 0.4) is 0 Å². The van der Waals surface area contributed by atoms with E-state index >= 15 is 0 Å². The van der Waals surface area contributed by atoms with Crippen molar-refractivity contribution in [2.45, 2.75) is 57.5 Å². The molecule has 5 N–H and O–H groups in total. The molecule has 1 heterocycles. The molecule has 0 bridgehead atoms. The highest BCUT2D eigenvalue weighted by Gasteiger charge is 2.23. The van der Waals surface area contributed by atoms with Crippen LogP contribution in [-0.2, 0) is 10.3 Å². The molecule has 3 aromatic rings. The first-order valence-electron chi connectivity index (χ1n) is 12.4. The molecule has 0 unspecified atom stereocenters. The molecule has 0 aliphatic heterocycles. The molecule has 2 aromatic carbocycles. The molecule has 1 saturated carbocycles. The van der Waals surface area contributed by atoms with E-state index < -0.39 is 11.6 Å². The van der Waals surface area contributed by atoms with Gasteiger partial charge in [-0.2, -0.15) is 0 Å². The molecule has 7 nitrogen and oxygen atoms in total. The Labute approximate surface area is 212 Å². The third kappa shape index (κ3) is 6.29. The van der Waals surface area contributed by atoms with Gasteiger partial charge in [0, 0.05) is 23.6 Å². The van der Waals surface area contributed by atoms with Crippen LogP contribution in [0.5, 0.6) is 0 Å². The van der Waals surface area contributed by atoms with E-state index in [1.165, 1.54) is 0 Å². The van der Waals surface area contributed by atoms with Gasteiger partial charge in [0.1, 0.15) is 0 Å². The zero-order chi connectivity index (χ0) is 25.7. The number of carboxylic acid groups (broad SMARTS) is 1. The summed E-state index contributed by atoms with van der Waals surface area (Å²) in [6.45, 7) is 3.64. The maximum absolute atomic E-state index is 12.8. The molecule has 0 saturated heterocycles. The van der Waals surface area contributed by atoms with Crippen LogP contribution >= 0.6 is 0 Å². The number of nitrogens with one attached hydrogen (secondary N) is 2. The number of carbonyl (C=O) groups excluding carboxylic acids is 1. The smallest absolute Gasteiger partial charge is 0.405 e. The maximum atomic E-state index is 12.8. The molecule has 0 spiro atoms. The number of nitrogens with two attached hydrogens (primary N) is 1. The molecule has 0 radical (unpaired) electrons. The first-order valence-corrected chi connectivity index (χ1v) is 12.4. The van der Waals surface area contributed by atoms with Gasteiger partial charge in [-0.05, 0) is 62.6 Å². The average Bonchev–Trinajstić information content (AvgIpc) is 2.85. The van der Waals surface area contributed by atoms with Crippen molar-refractivity contribution in [3.05, 3.63) is 72.4 Å². The number of rotatable bonds is 7. The van der Waals surface area contributed by atoms with Crippen molar-refractivity contribution in [2.24, 2.45) is 11.7 Å². The molecule has 36 heavy (non-hydrogen) atoms. The Kier molecular flexibility index (Phi) is 7.70. The lowest BCUT2D eigenvalue weighted by molar-refractivity contribution is -0.117. The van der Waals surface area contributed by atoms with Gasteiger partial charge in [0.2, 0.25) is 5.91 Å². The Morgan fingerprint density at radius 1 is 1.00 bits per heavy atom. The van der Waals surface area contributed by atoms with Gasteiger partial charge in [0.15, 0.2) is 0 Å². The van der Waals surface area contributed by atoms with Gasteiger partial charge in [-0.15, -0.1) is 0 Å². The molecule has 1 fully saturated rings.